The van der Waals surface area contributed by atoms with Crippen molar-refractivity contribution in [2.75, 3.05) is 6.61 Å². The normalized spacial score (nSPS) is 29.4. The molecule has 2 radical (unpaired) electrons. The molecule has 4 atom stereocenters. The smallest absolute Gasteiger partial charge is 0.330 e. The van der Waals surface area contributed by atoms with E-state index in [1.54, 1.807) is 0 Å². The molecule has 1 aliphatic rings. The molecule has 4 N–H and O–H groups in total. The summed E-state index contributed by atoms with van der Waals surface area (Å²) < 4.78 is 6.08. The fourth-order valence-electron chi connectivity index (χ4n) is 1.74. The van der Waals surface area contributed by atoms with Crippen LogP contribution in [0.4, 0.5) is 0 Å². The number of aliphatic hydroxyl groups is 3. The van der Waals surface area contributed by atoms with Crippen molar-refractivity contribution in [1.29, 1.82) is 0 Å². The SMILES string of the molecule is O=c1ccn([C@@H]2O[C@H](CO)[C@@H](O)[C@H]2O)c(=O)[nH]1.[Na].[Na]. The Bertz CT molecular complexity index is 518. The summed E-state index contributed by atoms with van der Waals surface area (Å²) in [5.41, 5.74) is -1.33. The molecule has 8 nitrogen and oxygen atoms in total. The van der Waals surface area contributed by atoms with Crippen molar-refractivity contribution >= 4 is 59.1 Å². The molecule has 0 unspecified atom stereocenters. The molecular weight excluding hydrogens is 278 g/mol. The summed E-state index contributed by atoms with van der Waals surface area (Å²) in [7, 11) is 0. The van der Waals surface area contributed by atoms with Gasteiger partial charge in [-0.2, -0.15) is 0 Å². The molecule has 19 heavy (non-hydrogen) atoms. The van der Waals surface area contributed by atoms with Gasteiger partial charge in [0.2, 0.25) is 0 Å². The van der Waals surface area contributed by atoms with Gasteiger partial charge < -0.3 is 20.1 Å². The molecule has 1 saturated heterocycles. The zero-order valence-electron chi connectivity index (χ0n) is 10.7. The first-order valence-electron chi connectivity index (χ1n) is 4.98. The summed E-state index contributed by atoms with van der Waals surface area (Å²) in [6.45, 7) is -0.479. The summed E-state index contributed by atoms with van der Waals surface area (Å²) in [6.07, 6.45) is -3.58. The maximum atomic E-state index is 11.4. The van der Waals surface area contributed by atoms with Crippen LogP contribution in [0.25, 0.3) is 0 Å². The Balaban J connectivity index is 0.00000162. The Hall–Kier alpha value is 0.520. The Morgan fingerprint density at radius 3 is 2.37 bits per heavy atom. The van der Waals surface area contributed by atoms with Gasteiger partial charge >= 0.3 is 5.69 Å². The van der Waals surface area contributed by atoms with Gasteiger partial charge in [0.15, 0.2) is 6.23 Å². The molecule has 1 aromatic rings. The molecule has 0 spiro atoms. The van der Waals surface area contributed by atoms with Crippen LogP contribution in [0.1, 0.15) is 6.23 Å². The number of hydrogen-bond donors (Lipinski definition) is 4. The quantitative estimate of drug-likeness (QED) is 0.417. The number of aromatic amines is 1. The molecule has 2 heterocycles. The maximum absolute atomic E-state index is 11.4. The predicted octanol–water partition coefficient (Wildman–Crippen LogP) is -3.61. The Morgan fingerprint density at radius 1 is 1.26 bits per heavy atom. The number of aliphatic hydroxyl groups excluding tert-OH is 3. The summed E-state index contributed by atoms with van der Waals surface area (Å²) in [5.74, 6) is 0. The summed E-state index contributed by atoms with van der Waals surface area (Å²) in [5, 5.41) is 28.1. The zero-order valence-corrected chi connectivity index (χ0v) is 14.7. The van der Waals surface area contributed by atoms with Crippen molar-refractivity contribution < 1.29 is 20.1 Å². The molecule has 0 aromatic carbocycles. The van der Waals surface area contributed by atoms with Crippen molar-refractivity contribution in [1.82, 2.24) is 9.55 Å². The Kier molecular flexibility index (Phi) is 8.30. The monoisotopic (exact) mass is 290 g/mol. The van der Waals surface area contributed by atoms with Gasteiger partial charge in [-0.05, 0) is 0 Å². The van der Waals surface area contributed by atoms with Gasteiger partial charge in [-0.25, -0.2) is 4.79 Å². The molecular formula is C9H12N2Na2O6. The third-order valence-electron chi connectivity index (χ3n) is 2.64. The first kappa shape index (κ1) is 19.5. The summed E-state index contributed by atoms with van der Waals surface area (Å²) in [6, 6.07) is 1.09. The van der Waals surface area contributed by atoms with E-state index in [4.69, 9.17) is 9.84 Å². The van der Waals surface area contributed by atoms with Crippen LogP contribution >= 0.6 is 0 Å². The van der Waals surface area contributed by atoms with E-state index in [0.29, 0.717) is 0 Å². The van der Waals surface area contributed by atoms with Gasteiger partial charge in [0, 0.05) is 71.4 Å². The van der Waals surface area contributed by atoms with Crippen LogP contribution in [-0.2, 0) is 4.74 Å². The summed E-state index contributed by atoms with van der Waals surface area (Å²) >= 11 is 0. The molecule has 0 saturated carbocycles. The minimum atomic E-state index is -1.35. The minimum Gasteiger partial charge on any atom is -0.394 e. The van der Waals surface area contributed by atoms with E-state index in [9.17, 15) is 19.8 Å². The third kappa shape index (κ3) is 4.01. The first-order valence-corrected chi connectivity index (χ1v) is 4.98. The number of nitrogens with zero attached hydrogens (tertiary/aromatic N) is 1. The molecule has 1 aromatic heterocycles. The van der Waals surface area contributed by atoms with E-state index < -0.39 is 42.4 Å². The van der Waals surface area contributed by atoms with Crippen LogP contribution in [0.15, 0.2) is 21.9 Å². The molecule has 0 bridgehead atoms. The van der Waals surface area contributed by atoms with Crippen LogP contribution in [0.3, 0.4) is 0 Å². The standard InChI is InChI=1S/C9H12N2O6.2Na/c12-3-4-6(14)7(15)8(17-4)11-2-1-5(13)10-9(11)16;;/h1-2,4,6-8,12,14-15H,3H2,(H,10,13,16);;/t4-,6-,7-,8-;;/m1../s1. The fraction of sp³-hybridized carbons (Fsp3) is 0.556. The second kappa shape index (κ2) is 8.08. The average molecular weight is 290 g/mol. The maximum Gasteiger partial charge on any atom is 0.330 e. The zero-order chi connectivity index (χ0) is 12.6. The van der Waals surface area contributed by atoms with Gasteiger partial charge in [-0.3, -0.25) is 14.3 Å². The molecule has 1 fully saturated rings. The van der Waals surface area contributed by atoms with E-state index in [0.717, 1.165) is 16.8 Å². The van der Waals surface area contributed by atoms with Gasteiger partial charge in [0.1, 0.15) is 18.3 Å². The van der Waals surface area contributed by atoms with Crippen LogP contribution in [0, 0.1) is 0 Å². The second-order valence-electron chi connectivity index (χ2n) is 3.75. The van der Waals surface area contributed by atoms with Crippen molar-refractivity contribution in [2.45, 2.75) is 24.5 Å². The summed E-state index contributed by atoms with van der Waals surface area (Å²) in [4.78, 5) is 24.3. The van der Waals surface area contributed by atoms with Crippen molar-refractivity contribution in [3.63, 3.8) is 0 Å². The topological polar surface area (TPSA) is 125 Å². The van der Waals surface area contributed by atoms with E-state index >= 15 is 0 Å². The molecule has 0 amide bonds. The molecule has 0 aliphatic carbocycles. The molecule has 10 heteroatoms. The number of nitrogens with one attached hydrogen (secondary N) is 1. The third-order valence-corrected chi connectivity index (χ3v) is 2.64. The fourth-order valence-corrected chi connectivity index (χ4v) is 1.74. The number of hydrogen-bond acceptors (Lipinski definition) is 6. The van der Waals surface area contributed by atoms with Crippen LogP contribution in [-0.4, -0.2) is 109 Å². The van der Waals surface area contributed by atoms with Crippen LogP contribution < -0.4 is 11.2 Å². The van der Waals surface area contributed by atoms with Gasteiger partial charge in [0.25, 0.3) is 5.56 Å². The number of ether oxygens (including phenoxy) is 1. The van der Waals surface area contributed by atoms with Crippen molar-refractivity contribution in [3.05, 3.63) is 33.1 Å². The molecule has 96 valence electrons. The molecule has 2 rings (SSSR count). The number of H-pyrrole nitrogens is 1. The van der Waals surface area contributed by atoms with E-state index in [1.807, 2.05) is 4.98 Å². The van der Waals surface area contributed by atoms with Crippen LogP contribution in [0.2, 0.25) is 0 Å². The second-order valence-corrected chi connectivity index (χ2v) is 3.75. The van der Waals surface area contributed by atoms with Gasteiger partial charge in [-0.15, -0.1) is 0 Å². The number of aromatic nitrogens is 2. The van der Waals surface area contributed by atoms with Crippen molar-refractivity contribution in [2.24, 2.45) is 0 Å². The van der Waals surface area contributed by atoms with E-state index in [1.165, 1.54) is 0 Å². The van der Waals surface area contributed by atoms with E-state index in [-0.39, 0.29) is 59.1 Å². The Labute approximate surface area is 152 Å². The number of rotatable bonds is 2. The Morgan fingerprint density at radius 2 is 1.89 bits per heavy atom. The minimum absolute atomic E-state index is 0. The van der Waals surface area contributed by atoms with Gasteiger partial charge in [0.05, 0.1) is 6.61 Å². The van der Waals surface area contributed by atoms with Gasteiger partial charge in [-0.1, -0.05) is 0 Å². The van der Waals surface area contributed by atoms with Crippen LogP contribution in [0.5, 0.6) is 0 Å². The predicted molar refractivity (Wildman–Crippen MR) is 65.8 cm³/mol. The van der Waals surface area contributed by atoms with E-state index in [2.05, 4.69) is 0 Å². The van der Waals surface area contributed by atoms with Crippen molar-refractivity contribution in [3.8, 4) is 0 Å². The molecule has 1 aliphatic heterocycles. The largest absolute Gasteiger partial charge is 0.394 e. The average Bonchev–Trinajstić information content (AvgIpc) is 2.57. The first-order chi connectivity index (χ1) is 8.04.